The second-order valence-electron chi connectivity index (χ2n) is 3.35. The summed E-state index contributed by atoms with van der Waals surface area (Å²) in [5, 5.41) is 7.53. The van der Waals surface area contributed by atoms with Crippen molar-refractivity contribution in [1.82, 2.24) is 14.9 Å². The van der Waals surface area contributed by atoms with E-state index < -0.39 is 0 Å². The first-order valence-corrected chi connectivity index (χ1v) is 4.53. The monoisotopic (exact) mass is 198 g/mol. The highest BCUT2D eigenvalue weighted by Crippen LogP contribution is 2.30. The van der Waals surface area contributed by atoms with Crippen molar-refractivity contribution < 1.29 is 4.74 Å². The standard InChI is InChI=1S/C7H14N6O/c8-3-4-1-2-5(14-4)6-11-12-7(9)13(6)10/h4-5H,1-3,8,10H2,(H2,9,12). The minimum Gasteiger partial charge on any atom is -0.366 e. The van der Waals surface area contributed by atoms with Crippen LogP contribution < -0.4 is 17.3 Å². The zero-order valence-corrected chi connectivity index (χ0v) is 7.76. The molecule has 0 aliphatic carbocycles. The maximum Gasteiger partial charge on any atom is 0.240 e. The molecule has 0 saturated carbocycles. The molecular weight excluding hydrogens is 184 g/mol. The first-order valence-electron chi connectivity index (χ1n) is 4.53. The number of rotatable bonds is 2. The van der Waals surface area contributed by atoms with Gasteiger partial charge in [-0.1, -0.05) is 0 Å². The molecule has 0 bridgehead atoms. The molecule has 2 heterocycles. The van der Waals surface area contributed by atoms with Crippen molar-refractivity contribution in [2.75, 3.05) is 18.1 Å². The second-order valence-corrected chi connectivity index (χ2v) is 3.35. The molecule has 14 heavy (non-hydrogen) atoms. The Labute approximate surface area is 81.2 Å². The topological polar surface area (TPSA) is 118 Å². The summed E-state index contributed by atoms with van der Waals surface area (Å²) in [6.45, 7) is 0.519. The summed E-state index contributed by atoms with van der Waals surface area (Å²) in [4.78, 5) is 0. The molecular formula is C7H14N6O. The molecule has 2 unspecified atom stereocenters. The molecule has 0 radical (unpaired) electrons. The Balaban J connectivity index is 2.13. The number of nitrogen functional groups attached to an aromatic ring is 2. The lowest BCUT2D eigenvalue weighted by molar-refractivity contribution is 0.0435. The fourth-order valence-electron chi connectivity index (χ4n) is 1.60. The molecule has 7 nitrogen and oxygen atoms in total. The van der Waals surface area contributed by atoms with Gasteiger partial charge >= 0.3 is 0 Å². The van der Waals surface area contributed by atoms with Gasteiger partial charge in [-0.3, -0.25) is 0 Å². The first kappa shape index (κ1) is 9.22. The Morgan fingerprint density at radius 1 is 1.43 bits per heavy atom. The third-order valence-corrected chi connectivity index (χ3v) is 2.41. The van der Waals surface area contributed by atoms with Gasteiger partial charge < -0.3 is 22.0 Å². The highest BCUT2D eigenvalue weighted by molar-refractivity contribution is 5.18. The van der Waals surface area contributed by atoms with E-state index in [4.69, 9.17) is 22.0 Å². The molecule has 1 aromatic rings. The fraction of sp³-hybridized carbons (Fsp3) is 0.714. The molecule has 78 valence electrons. The molecule has 0 aromatic carbocycles. The molecule has 1 aliphatic rings. The van der Waals surface area contributed by atoms with Crippen LogP contribution in [0.4, 0.5) is 5.95 Å². The van der Waals surface area contributed by atoms with Crippen LogP contribution in [0, 0.1) is 0 Å². The lowest BCUT2D eigenvalue weighted by Gasteiger charge is -2.10. The lowest BCUT2D eigenvalue weighted by atomic mass is 10.2. The summed E-state index contributed by atoms with van der Waals surface area (Å²) in [5.74, 6) is 6.39. The van der Waals surface area contributed by atoms with Crippen LogP contribution in [0.25, 0.3) is 0 Å². The van der Waals surface area contributed by atoms with E-state index in [-0.39, 0.29) is 18.2 Å². The minimum atomic E-state index is -0.127. The van der Waals surface area contributed by atoms with Gasteiger partial charge in [-0.05, 0) is 12.8 Å². The van der Waals surface area contributed by atoms with E-state index >= 15 is 0 Å². The molecule has 6 N–H and O–H groups in total. The lowest BCUT2D eigenvalue weighted by Crippen LogP contribution is -2.21. The molecule has 1 saturated heterocycles. The van der Waals surface area contributed by atoms with Gasteiger partial charge in [0, 0.05) is 6.54 Å². The van der Waals surface area contributed by atoms with Gasteiger partial charge in [-0.15, -0.1) is 10.2 Å². The van der Waals surface area contributed by atoms with E-state index in [1.54, 1.807) is 0 Å². The number of anilines is 1. The van der Waals surface area contributed by atoms with Crippen LogP contribution in [-0.2, 0) is 4.74 Å². The van der Waals surface area contributed by atoms with Crippen molar-refractivity contribution >= 4 is 5.95 Å². The molecule has 7 heteroatoms. The van der Waals surface area contributed by atoms with Gasteiger partial charge in [0.25, 0.3) is 0 Å². The summed E-state index contributed by atoms with van der Waals surface area (Å²) in [6.07, 6.45) is 1.75. The molecule has 2 rings (SSSR count). The number of hydrogen-bond acceptors (Lipinski definition) is 6. The smallest absolute Gasteiger partial charge is 0.240 e. The van der Waals surface area contributed by atoms with Gasteiger partial charge in [-0.2, -0.15) is 0 Å². The number of ether oxygens (including phenoxy) is 1. The van der Waals surface area contributed by atoms with Crippen LogP contribution in [0.1, 0.15) is 24.8 Å². The molecule has 1 fully saturated rings. The van der Waals surface area contributed by atoms with Gasteiger partial charge in [-0.25, -0.2) is 4.68 Å². The molecule has 0 spiro atoms. The normalized spacial score (nSPS) is 26.9. The van der Waals surface area contributed by atoms with E-state index in [1.807, 2.05) is 0 Å². The summed E-state index contributed by atoms with van der Waals surface area (Å²) in [5.41, 5.74) is 11.0. The third kappa shape index (κ3) is 1.40. The summed E-state index contributed by atoms with van der Waals surface area (Å²) < 4.78 is 6.86. The highest BCUT2D eigenvalue weighted by atomic mass is 16.5. The largest absolute Gasteiger partial charge is 0.366 e. The van der Waals surface area contributed by atoms with Crippen LogP contribution in [0.2, 0.25) is 0 Å². The summed E-state index contributed by atoms with van der Waals surface area (Å²) in [6, 6.07) is 0. The maximum absolute atomic E-state index is 5.62. The van der Waals surface area contributed by atoms with Crippen LogP contribution in [0.15, 0.2) is 0 Å². The molecule has 2 atom stereocenters. The SMILES string of the molecule is NCC1CCC(c2nnc(N)n2N)O1. The Morgan fingerprint density at radius 2 is 2.21 bits per heavy atom. The van der Waals surface area contributed by atoms with Crippen molar-refractivity contribution in [1.29, 1.82) is 0 Å². The van der Waals surface area contributed by atoms with Gasteiger partial charge in [0.1, 0.15) is 6.10 Å². The number of nitrogens with two attached hydrogens (primary N) is 3. The predicted octanol–water partition coefficient (Wildman–Crippen LogP) is -1.25. The third-order valence-electron chi connectivity index (χ3n) is 2.41. The number of nitrogens with zero attached hydrogens (tertiary/aromatic N) is 3. The van der Waals surface area contributed by atoms with E-state index in [0.717, 1.165) is 12.8 Å². The van der Waals surface area contributed by atoms with Crippen LogP contribution >= 0.6 is 0 Å². The average molecular weight is 198 g/mol. The Morgan fingerprint density at radius 3 is 2.71 bits per heavy atom. The Hall–Kier alpha value is -1.34. The predicted molar refractivity (Wildman–Crippen MR) is 50.5 cm³/mol. The quantitative estimate of drug-likeness (QED) is 0.511. The van der Waals surface area contributed by atoms with Gasteiger partial charge in [0.2, 0.25) is 5.95 Å². The van der Waals surface area contributed by atoms with Crippen LogP contribution in [0.5, 0.6) is 0 Å². The second kappa shape index (κ2) is 3.43. The molecule has 0 amide bonds. The van der Waals surface area contributed by atoms with E-state index in [9.17, 15) is 0 Å². The Bertz CT molecular complexity index is 324. The Kier molecular flexibility index (Phi) is 2.26. The molecule has 1 aliphatic heterocycles. The first-order chi connectivity index (χ1) is 6.72. The summed E-state index contributed by atoms with van der Waals surface area (Å²) in [7, 11) is 0. The highest BCUT2D eigenvalue weighted by Gasteiger charge is 2.29. The van der Waals surface area contributed by atoms with E-state index in [0.29, 0.717) is 12.4 Å². The van der Waals surface area contributed by atoms with Crippen molar-refractivity contribution in [2.24, 2.45) is 5.73 Å². The maximum atomic E-state index is 5.62. The van der Waals surface area contributed by atoms with Crippen molar-refractivity contribution in [3.05, 3.63) is 5.82 Å². The summed E-state index contributed by atoms with van der Waals surface area (Å²) >= 11 is 0. The fourth-order valence-corrected chi connectivity index (χ4v) is 1.60. The van der Waals surface area contributed by atoms with Gasteiger partial charge in [0.15, 0.2) is 5.82 Å². The zero-order chi connectivity index (χ0) is 10.1. The number of aromatic nitrogens is 3. The average Bonchev–Trinajstić information content (AvgIpc) is 2.75. The van der Waals surface area contributed by atoms with Crippen molar-refractivity contribution in [3.63, 3.8) is 0 Å². The zero-order valence-electron chi connectivity index (χ0n) is 7.76. The van der Waals surface area contributed by atoms with E-state index in [2.05, 4.69) is 10.2 Å². The van der Waals surface area contributed by atoms with E-state index in [1.165, 1.54) is 4.68 Å². The molecule has 1 aromatic heterocycles. The van der Waals surface area contributed by atoms with Gasteiger partial charge in [0.05, 0.1) is 6.10 Å². The van der Waals surface area contributed by atoms with Crippen LogP contribution in [-0.4, -0.2) is 27.5 Å². The van der Waals surface area contributed by atoms with Crippen molar-refractivity contribution in [2.45, 2.75) is 25.0 Å². The van der Waals surface area contributed by atoms with Crippen molar-refractivity contribution in [3.8, 4) is 0 Å². The minimum absolute atomic E-state index is 0.0953. The van der Waals surface area contributed by atoms with Crippen LogP contribution in [0.3, 0.4) is 0 Å². The number of hydrogen-bond donors (Lipinski definition) is 3.